The predicted molar refractivity (Wildman–Crippen MR) is 99.9 cm³/mol. The van der Waals surface area contributed by atoms with Crippen molar-refractivity contribution in [3.8, 4) is 5.75 Å². The second kappa shape index (κ2) is 8.61. The monoisotopic (exact) mass is 379 g/mol. The van der Waals surface area contributed by atoms with Crippen LogP contribution in [0.5, 0.6) is 5.75 Å². The summed E-state index contributed by atoms with van der Waals surface area (Å²) in [5.41, 5.74) is 0.480. The minimum Gasteiger partial charge on any atom is -0.493 e. The Kier molecular flexibility index (Phi) is 6.70. The Hall–Kier alpha value is -2.28. The number of likely N-dealkylation sites (tertiary alicyclic amines) is 1. The van der Waals surface area contributed by atoms with E-state index >= 15 is 0 Å². The molecule has 0 saturated carbocycles. The van der Waals surface area contributed by atoms with Gasteiger partial charge >= 0.3 is 12.1 Å². The summed E-state index contributed by atoms with van der Waals surface area (Å²) in [6.07, 6.45) is -0.0982. The van der Waals surface area contributed by atoms with E-state index in [4.69, 9.17) is 14.2 Å². The SMILES string of the molecule is CCOc1cc(C(=O)OC)ccc1[C@@H]1C[C@@H](O)CCN1C(=O)OC(C)(C)C. The molecule has 150 valence electrons. The lowest BCUT2D eigenvalue weighted by Gasteiger charge is -2.39. The average molecular weight is 379 g/mol. The van der Waals surface area contributed by atoms with E-state index in [0.29, 0.717) is 37.3 Å². The van der Waals surface area contributed by atoms with E-state index in [2.05, 4.69) is 0 Å². The molecule has 0 spiro atoms. The van der Waals surface area contributed by atoms with E-state index in [9.17, 15) is 14.7 Å². The van der Waals surface area contributed by atoms with Crippen molar-refractivity contribution in [3.05, 3.63) is 29.3 Å². The molecule has 7 nitrogen and oxygen atoms in total. The van der Waals surface area contributed by atoms with Gasteiger partial charge in [0.15, 0.2) is 0 Å². The third-order valence-electron chi connectivity index (χ3n) is 4.30. The smallest absolute Gasteiger partial charge is 0.410 e. The number of hydrogen-bond acceptors (Lipinski definition) is 6. The van der Waals surface area contributed by atoms with Gasteiger partial charge in [-0.3, -0.25) is 0 Å². The number of aliphatic hydroxyl groups is 1. The third kappa shape index (κ3) is 5.35. The van der Waals surface area contributed by atoms with Gasteiger partial charge in [-0.05, 0) is 52.7 Å². The average Bonchev–Trinajstić information content (AvgIpc) is 2.59. The number of carbonyl (C=O) groups is 2. The van der Waals surface area contributed by atoms with Crippen LogP contribution in [0.2, 0.25) is 0 Å². The van der Waals surface area contributed by atoms with E-state index in [1.165, 1.54) is 7.11 Å². The molecule has 1 aromatic rings. The lowest BCUT2D eigenvalue weighted by molar-refractivity contribution is -0.00883. The molecule has 7 heteroatoms. The Labute approximate surface area is 160 Å². The molecule has 0 unspecified atom stereocenters. The van der Waals surface area contributed by atoms with E-state index in [1.807, 2.05) is 27.7 Å². The molecular formula is C20H29NO6. The first-order valence-electron chi connectivity index (χ1n) is 9.19. The summed E-state index contributed by atoms with van der Waals surface area (Å²) in [7, 11) is 1.32. The molecule has 1 fully saturated rings. The van der Waals surface area contributed by atoms with Crippen molar-refractivity contribution in [3.63, 3.8) is 0 Å². The molecule has 1 amide bonds. The first kappa shape index (κ1) is 21.0. The van der Waals surface area contributed by atoms with Gasteiger partial charge < -0.3 is 24.2 Å². The molecule has 1 heterocycles. The summed E-state index contributed by atoms with van der Waals surface area (Å²) in [6.45, 7) is 8.07. The maximum Gasteiger partial charge on any atom is 0.410 e. The third-order valence-corrected chi connectivity index (χ3v) is 4.30. The van der Waals surface area contributed by atoms with E-state index < -0.39 is 29.8 Å². The van der Waals surface area contributed by atoms with Gasteiger partial charge in [-0.2, -0.15) is 0 Å². The van der Waals surface area contributed by atoms with Gasteiger partial charge in [-0.15, -0.1) is 0 Å². The molecule has 1 saturated heterocycles. The Morgan fingerprint density at radius 3 is 2.59 bits per heavy atom. The Bertz CT molecular complexity index is 682. The fourth-order valence-corrected chi connectivity index (χ4v) is 3.12. The van der Waals surface area contributed by atoms with Crippen LogP contribution in [0.3, 0.4) is 0 Å². The first-order valence-corrected chi connectivity index (χ1v) is 9.19. The van der Waals surface area contributed by atoms with Crippen LogP contribution in [-0.4, -0.2) is 54.0 Å². The van der Waals surface area contributed by atoms with Gasteiger partial charge in [0, 0.05) is 12.1 Å². The van der Waals surface area contributed by atoms with Gasteiger partial charge in [0.25, 0.3) is 0 Å². The molecule has 2 rings (SSSR count). The van der Waals surface area contributed by atoms with Crippen molar-refractivity contribution in [1.29, 1.82) is 0 Å². The molecule has 2 atom stereocenters. The highest BCUT2D eigenvalue weighted by atomic mass is 16.6. The summed E-state index contributed by atoms with van der Waals surface area (Å²) in [6, 6.07) is 4.59. The number of amides is 1. The number of aliphatic hydroxyl groups excluding tert-OH is 1. The molecule has 1 aliphatic heterocycles. The molecule has 0 bridgehead atoms. The molecule has 0 aromatic heterocycles. The molecule has 27 heavy (non-hydrogen) atoms. The van der Waals surface area contributed by atoms with Crippen molar-refractivity contribution in [2.24, 2.45) is 0 Å². The number of rotatable bonds is 4. The Morgan fingerprint density at radius 1 is 1.30 bits per heavy atom. The Balaban J connectivity index is 2.40. The van der Waals surface area contributed by atoms with Crippen LogP contribution in [0, 0.1) is 0 Å². The second-order valence-electron chi connectivity index (χ2n) is 7.54. The minimum atomic E-state index is -0.616. The minimum absolute atomic E-state index is 0.366. The highest BCUT2D eigenvalue weighted by Crippen LogP contribution is 2.37. The summed E-state index contributed by atoms with van der Waals surface area (Å²) in [5, 5.41) is 10.2. The molecule has 1 aromatic carbocycles. The molecule has 1 aliphatic rings. The molecule has 1 N–H and O–H groups in total. The fraction of sp³-hybridized carbons (Fsp3) is 0.600. The van der Waals surface area contributed by atoms with Gasteiger partial charge in [-0.1, -0.05) is 6.07 Å². The fourth-order valence-electron chi connectivity index (χ4n) is 3.12. The number of esters is 1. The van der Waals surface area contributed by atoms with Gasteiger partial charge in [0.05, 0.1) is 31.4 Å². The number of carbonyl (C=O) groups excluding carboxylic acids is 2. The predicted octanol–water partition coefficient (Wildman–Crippen LogP) is 3.30. The number of methoxy groups -OCH3 is 1. The zero-order valence-corrected chi connectivity index (χ0v) is 16.7. The van der Waals surface area contributed by atoms with Crippen LogP contribution in [0.4, 0.5) is 4.79 Å². The standard InChI is InChI=1S/C20H29NO6/c1-6-26-17-11-13(18(23)25-5)7-8-15(17)16-12-14(22)9-10-21(16)19(24)27-20(2,3)4/h7-8,11,14,16,22H,6,9-10,12H2,1-5H3/t14-,16-/m0/s1. The topological polar surface area (TPSA) is 85.3 Å². The van der Waals surface area contributed by atoms with E-state index in [1.54, 1.807) is 23.1 Å². The lowest BCUT2D eigenvalue weighted by atomic mass is 9.92. The van der Waals surface area contributed by atoms with Crippen molar-refractivity contribution in [1.82, 2.24) is 4.90 Å². The van der Waals surface area contributed by atoms with E-state index in [-0.39, 0.29) is 0 Å². The van der Waals surface area contributed by atoms with Crippen LogP contribution >= 0.6 is 0 Å². The zero-order chi connectivity index (χ0) is 20.2. The van der Waals surface area contributed by atoms with Crippen LogP contribution < -0.4 is 4.74 Å². The van der Waals surface area contributed by atoms with Gasteiger partial charge in [0.1, 0.15) is 11.4 Å². The number of nitrogens with zero attached hydrogens (tertiary/aromatic N) is 1. The lowest BCUT2D eigenvalue weighted by Crippen LogP contribution is -2.45. The largest absolute Gasteiger partial charge is 0.493 e. The molecule has 0 aliphatic carbocycles. The zero-order valence-electron chi connectivity index (χ0n) is 16.7. The van der Waals surface area contributed by atoms with Crippen molar-refractivity contribution < 1.29 is 28.9 Å². The van der Waals surface area contributed by atoms with Crippen LogP contribution in [0.25, 0.3) is 0 Å². The summed E-state index contributed by atoms with van der Waals surface area (Å²) in [4.78, 5) is 26.2. The first-order chi connectivity index (χ1) is 12.7. The van der Waals surface area contributed by atoms with Crippen LogP contribution in [0.1, 0.15) is 62.5 Å². The normalized spacial score (nSPS) is 20.1. The summed E-state index contributed by atoms with van der Waals surface area (Å²) >= 11 is 0. The maximum atomic E-state index is 12.7. The molecular weight excluding hydrogens is 350 g/mol. The van der Waals surface area contributed by atoms with Crippen LogP contribution in [0.15, 0.2) is 18.2 Å². The quantitative estimate of drug-likeness (QED) is 0.808. The molecule has 0 radical (unpaired) electrons. The summed E-state index contributed by atoms with van der Waals surface area (Å²) in [5.74, 6) is 0.0308. The van der Waals surface area contributed by atoms with Gasteiger partial charge in [-0.25, -0.2) is 9.59 Å². The highest BCUT2D eigenvalue weighted by Gasteiger charge is 2.36. The van der Waals surface area contributed by atoms with Gasteiger partial charge in [0.2, 0.25) is 0 Å². The van der Waals surface area contributed by atoms with Crippen LogP contribution in [-0.2, 0) is 9.47 Å². The van der Waals surface area contributed by atoms with Crippen molar-refractivity contribution in [2.45, 2.75) is 58.3 Å². The van der Waals surface area contributed by atoms with Crippen molar-refractivity contribution >= 4 is 12.1 Å². The van der Waals surface area contributed by atoms with E-state index in [0.717, 1.165) is 5.56 Å². The second-order valence-corrected chi connectivity index (χ2v) is 7.54. The number of benzene rings is 1. The highest BCUT2D eigenvalue weighted by molar-refractivity contribution is 5.90. The number of hydrogen-bond donors (Lipinski definition) is 1. The van der Waals surface area contributed by atoms with Crippen molar-refractivity contribution in [2.75, 3.05) is 20.3 Å². The number of piperidine rings is 1. The Morgan fingerprint density at radius 2 is 2.00 bits per heavy atom. The number of ether oxygens (including phenoxy) is 3. The maximum absolute atomic E-state index is 12.7. The summed E-state index contributed by atoms with van der Waals surface area (Å²) < 4.78 is 16.0.